The average Bonchev–Trinajstić information content (AvgIpc) is 2.34. The molecule has 0 atom stereocenters. The zero-order chi connectivity index (χ0) is 12.8. The molecule has 4 bridgehead atoms. The van der Waals surface area contributed by atoms with Crippen LogP contribution in [0.15, 0.2) is 0 Å². The van der Waals surface area contributed by atoms with Crippen molar-refractivity contribution in [2.45, 2.75) is 71.6 Å². The second kappa shape index (κ2) is 4.26. The molecule has 18 heavy (non-hydrogen) atoms. The molecule has 0 N–H and O–H groups in total. The molecule has 0 radical (unpaired) electrons. The molecular weight excluding hydrogens is 218 g/mol. The first kappa shape index (κ1) is 12.5. The van der Waals surface area contributed by atoms with Crippen LogP contribution < -0.4 is 0 Å². The lowest BCUT2D eigenvalue weighted by molar-refractivity contribution is -0.0727. The van der Waals surface area contributed by atoms with Gasteiger partial charge in [-0.05, 0) is 81.0 Å². The van der Waals surface area contributed by atoms with Crippen LogP contribution in [0, 0.1) is 39.9 Å². The van der Waals surface area contributed by atoms with E-state index in [0.29, 0.717) is 5.41 Å². The molecule has 4 aliphatic carbocycles. The predicted molar refractivity (Wildman–Crippen MR) is 73.9 cm³/mol. The minimum atomic E-state index is -0.0222. The van der Waals surface area contributed by atoms with E-state index < -0.39 is 0 Å². The van der Waals surface area contributed by atoms with Crippen molar-refractivity contribution < 1.29 is 0 Å². The van der Waals surface area contributed by atoms with E-state index in [9.17, 15) is 5.26 Å². The van der Waals surface area contributed by atoms with Crippen molar-refractivity contribution in [3.8, 4) is 6.07 Å². The standard InChI is InChI=1S/C17H27N/c1-3-16(4-2,12-18)11-17-8-13-5-14(9-17)7-15(6-13)10-17/h13-15H,3-11H2,1-2H3. The summed E-state index contributed by atoms with van der Waals surface area (Å²) in [5.74, 6) is 3.05. The van der Waals surface area contributed by atoms with Gasteiger partial charge in [0.2, 0.25) is 0 Å². The fraction of sp³-hybridized carbons (Fsp3) is 0.941. The molecule has 0 unspecified atom stereocenters. The molecular formula is C17H27N. The first-order chi connectivity index (χ1) is 8.62. The normalized spacial score (nSPS) is 41.9. The molecule has 4 saturated carbocycles. The summed E-state index contributed by atoms with van der Waals surface area (Å²) in [4.78, 5) is 0. The highest BCUT2D eigenvalue weighted by atomic mass is 14.6. The van der Waals surface area contributed by atoms with Gasteiger partial charge in [-0.1, -0.05) is 13.8 Å². The van der Waals surface area contributed by atoms with E-state index in [4.69, 9.17) is 0 Å². The average molecular weight is 245 g/mol. The highest BCUT2D eigenvalue weighted by Gasteiger charge is 2.53. The third-order valence-corrected chi connectivity index (χ3v) is 6.47. The van der Waals surface area contributed by atoms with E-state index in [0.717, 1.165) is 30.6 Å². The molecule has 4 fully saturated rings. The maximum absolute atomic E-state index is 9.63. The first-order valence-electron chi connectivity index (χ1n) is 8.04. The second-order valence-corrected chi connectivity index (χ2v) is 7.69. The largest absolute Gasteiger partial charge is 0.198 e. The second-order valence-electron chi connectivity index (χ2n) is 7.69. The van der Waals surface area contributed by atoms with E-state index in [1.807, 2.05) is 0 Å². The van der Waals surface area contributed by atoms with Crippen molar-refractivity contribution in [2.24, 2.45) is 28.6 Å². The molecule has 0 aromatic carbocycles. The molecule has 0 aromatic rings. The topological polar surface area (TPSA) is 23.8 Å². The monoisotopic (exact) mass is 245 g/mol. The third-order valence-electron chi connectivity index (χ3n) is 6.47. The third kappa shape index (κ3) is 1.89. The Morgan fingerprint density at radius 2 is 1.44 bits per heavy atom. The van der Waals surface area contributed by atoms with Crippen LogP contribution in [0.4, 0.5) is 0 Å². The van der Waals surface area contributed by atoms with Gasteiger partial charge in [0.25, 0.3) is 0 Å². The van der Waals surface area contributed by atoms with E-state index in [1.165, 1.54) is 44.9 Å². The molecule has 0 amide bonds. The Morgan fingerprint density at radius 1 is 1.00 bits per heavy atom. The molecule has 1 heteroatoms. The molecule has 100 valence electrons. The Morgan fingerprint density at radius 3 is 1.78 bits per heavy atom. The number of nitriles is 1. The van der Waals surface area contributed by atoms with Crippen molar-refractivity contribution in [3.05, 3.63) is 0 Å². The van der Waals surface area contributed by atoms with Crippen molar-refractivity contribution >= 4 is 0 Å². The van der Waals surface area contributed by atoms with Gasteiger partial charge in [0, 0.05) is 0 Å². The quantitative estimate of drug-likeness (QED) is 0.689. The van der Waals surface area contributed by atoms with Crippen LogP contribution in [-0.4, -0.2) is 0 Å². The fourth-order valence-corrected chi connectivity index (χ4v) is 5.92. The molecule has 4 rings (SSSR count). The van der Waals surface area contributed by atoms with Crippen molar-refractivity contribution in [3.63, 3.8) is 0 Å². The number of nitrogens with zero attached hydrogens (tertiary/aromatic N) is 1. The SMILES string of the molecule is CCC(C#N)(CC)CC12CC3CC(CC(C3)C1)C2. The van der Waals surface area contributed by atoms with Gasteiger partial charge in [0.15, 0.2) is 0 Å². The van der Waals surface area contributed by atoms with Gasteiger partial charge in [-0.15, -0.1) is 0 Å². The summed E-state index contributed by atoms with van der Waals surface area (Å²) in [7, 11) is 0. The van der Waals surface area contributed by atoms with Gasteiger partial charge < -0.3 is 0 Å². The number of rotatable bonds is 4. The lowest BCUT2D eigenvalue weighted by atomic mass is 9.47. The summed E-state index contributed by atoms with van der Waals surface area (Å²) in [5, 5.41) is 9.63. The highest BCUT2D eigenvalue weighted by Crippen LogP contribution is 2.63. The zero-order valence-electron chi connectivity index (χ0n) is 12.0. The van der Waals surface area contributed by atoms with E-state index in [1.54, 1.807) is 0 Å². The van der Waals surface area contributed by atoms with Crippen LogP contribution in [0.2, 0.25) is 0 Å². The van der Waals surface area contributed by atoms with Gasteiger partial charge in [-0.25, -0.2) is 0 Å². The van der Waals surface area contributed by atoms with Crippen molar-refractivity contribution in [2.75, 3.05) is 0 Å². The number of hydrogen-bond donors (Lipinski definition) is 0. The van der Waals surface area contributed by atoms with E-state index in [-0.39, 0.29) is 5.41 Å². The lowest BCUT2D eigenvalue weighted by Crippen LogP contribution is -2.48. The maximum Gasteiger partial charge on any atom is 0.0689 e. The molecule has 1 nitrogen and oxygen atoms in total. The summed E-state index contributed by atoms with van der Waals surface area (Å²) in [6.07, 6.45) is 12.2. The Kier molecular flexibility index (Phi) is 2.96. The molecule has 4 aliphatic rings. The van der Waals surface area contributed by atoms with Gasteiger partial charge in [-0.2, -0.15) is 5.26 Å². The fourth-order valence-electron chi connectivity index (χ4n) is 5.92. The van der Waals surface area contributed by atoms with Gasteiger partial charge in [0.1, 0.15) is 0 Å². The summed E-state index contributed by atoms with van der Waals surface area (Å²) >= 11 is 0. The number of hydrogen-bond acceptors (Lipinski definition) is 1. The summed E-state index contributed by atoms with van der Waals surface area (Å²) in [5.41, 5.74) is 0.544. The highest BCUT2D eigenvalue weighted by molar-refractivity contribution is 5.08. The van der Waals surface area contributed by atoms with Crippen LogP contribution >= 0.6 is 0 Å². The lowest BCUT2D eigenvalue weighted by Gasteiger charge is -2.58. The van der Waals surface area contributed by atoms with Gasteiger partial charge >= 0.3 is 0 Å². The summed E-state index contributed by atoms with van der Waals surface area (Å²) < 4.78 is 0. The predicted octanol–water partition coefficient (Wildman–Crippen LogP) is 4.92. The zero-order valence-corrected chi connectivity index (χ0v) is 12.0. The first-order valence-corrected chi connectivity index (χ1v) is 8.04. The minimum Gasteiger partial charge on any atom is -0.198 e. The van der Waals surface area contributed by atoms with Crippen LogP contribution in [-0.2, 0) is 0 Å². The maximum atomic E-state index is 9.63. The Bertz CT molecular complexity index is 323. The minimum absolute atomic E-state index is 0.0222. The van der Waals surface area contributed by atoms with Crippen LogP contribution in [0.1, 0.15) is 71.6 Å². The van der Waals surface area contributed by atoms with Crippen LogP contribution in [0.3, 0.4) is 0 Å². The Labute approximate surface area is 112 Å². The van der Waals surface area contributed by atoms with E-state index >= 15 is 0 Å². The van der Waals surface area contributed by atoms with Crippen molar-refractivity contribution in [1.82, 2.24) is 0 Å². The molecule has 0 aromatic heterocycles. The summed E-state index contributed by atoms with van der Waals surface area (Å²) in [6.45, 7) is 4.43. The Hall–Kier alpha value is -0.510. The van der Waals surface area contributed by atoms with E-state index in [2.05, 4.69) is 19.9 Å². The Balaban J connectivity index is 1.82. The molecule has 0 aliphatic heterocycles. The van der Waals surface area contributed by atoms with Crippen LogP contribution in [0.25, 0.3) is 0 Å². The molecule has 0 heterocycles. The van der Waals surface area contributed by atoms with Crippen molar-refractivity contribution in [1.29, 1.82) is 5.26 Å². The smallest absolute Gasteiger partial charge is 0.0689 e. The van der Waals surface area contributed by atoms with Gasteiger partial charge in [-0.3, -0.25) is 0 Å². The molecule has 0 saturated heterocycles. The molecule has 0 spiro atoms. The van der Waals surface area contributed by atoms with Gasteiger partial charge in [0.05, 0.1) is 11.5 Å². The van der Waals surface area contributed by atoms with Crippen LogP contribution in [0.5, 0.6) is 0 Å². The summed E-state index contributed by atoms with van der Waals surface area (Å²) in [6, 6.07) is 2.69.